The molecule has 2 nitrogen and oxygen atoms in total. The van der Waals surface area contributed by atoms with Crippen LogP contribution < -0.4 is 0 Å². The van der Waals surface area contributed by atoms with Gasteiger partial charge in [0, 0.05) is 20.6 Å². The Morgan fingerprint density at radius 1 is 1.35 bits per heavy atom. The number of Topliss-reactive ketones (excluding diaryl/α,β-unsaturated/α-hetero) is 1. The summed E-state index contributed by atoms with van der Waals surface area (Å²) in [7, 11) is 0. The fraction of sp³-hybridized carbons (Fsp3) is 0.308. The van der Waals surface area contributed by atoms with Crippen LogP contribution in [0.1, 0.15) is 24.2 Å². The molecule has 0 atom stereocenters. The van der Waals surface area contributed by atoms with Gasteiger partial charge in [-0.3, -0.25) is 4.79 Å². The monoisotopic (exact) mass is 311 g/mol. The number of hydrogen-bond acceptors (Lipinski definition) is 3. The van der Waals surface area contributed by atoms with Crippen LogP contribution in [0, 0.1) is 0 Å². The summed E-state index contributed by atoms with van der Waals surface area (Å²) in [4.78, 5) is 15.5. The number of hydrogen-bond donors (Lipinski definition) is 0. The van der Waals surface area contributed by atoms with E-state index in [1.165, 1.54) is 10.6 Å². The van der Waals surface area contributed by atoms with E-state index in [0.29, 0.717) is 6.54 Å². The zero-order valence-electron chi connectivity index (χ0n) is 9.87. The molecule has 0 fully saturated rings. The van der Waals surface area contributed by atoms with Crippen LogP contribution in [0.25, 0.3) is 0 Å². The number of halogens is 1. The van der Waals surface area contributed by atoms with Crippen LogP contribution in [0.5, 0.6) is 0 Å². The summed E-state index contributed by atoms with van der Waals surface area (Å²) >= 11 is 5.17. The minimum Gasteiger partial charge on any atom is -0.357 e. The smallest absolute Gasteiger partial charge is 0.182 e. The Hall–Kier alpha value is -0.740. The average molecular weight is 312 g/mol. The molecule has 0 saturated heterocycles. The predicted octanol–water partition coefficient (Wildman–Crippen LogP) is 3.89. The van der Waals surface area contributed by atoms with E-state index in [1.807, 2.05) is 24.3 Å². The van der Waals surface area contributed by atoms with Gasteiger partial charge in [0.15, 0.2) is 5.78 Å². The van der Waals surface area contributed by atoms with Crippen molar-refractivity contribution in [2.24, 2.45) is 0 Å². The van der Waals surface area contributed by atoms with Gasteiger partial charge in [-0.15, -0.1) is 11.8 Å². The molecule has 0 radical (unpaired) electrons. The molecule has 1 aliphatic heterocycles. The Morgan fingerprint density at radius 2 is 2.00 bits per heavy atom. The molecule has 1 heterocycles. The molecule has 0 amide bonds. The molecule has 1 aromatic carbocycles. The second-order valence-electron chi connectivity index (χ2n) is 4.04. The highest BCUT2D eigenvalue weighted by Gasteiger charge is 2.19. The molecular weight excluding hydrogens is 298 g/mol. The number of carbonyl (C=O) groups excluding carboxylic acids is 1. The molecule has 0 N–H and O–H groups in total. The predicted molar refractivity (Wildman–Crippen MR) is 76.0 cm³/mol. The van der Waals surface area contributed by atoms with Crippen LogP contribution in [0.4, 0.5) is 0 Å². The van der Waals surface area contributed by atoms with E-state index < -0.39 is 0 Å². The molecule has 2 rings (SSSR count). The van der Waals surface area contributed by atoms with Crippen molar-refractivity contribution < 1.29 is 4.79 Å². The third kappa shape index (κ3) is 2.93. The second kappa shape index (κ2) is 5.27. The molecule has 90 valence electrons. The lowest BCUT2D eigenvalue weighted by Crippen LogP contribution is -2.25. The maximum atomic E-state index is 12.1. The van der Waals surface area contributed by atoms with E-state index >= 15 is 0 Å². The zero-order chi connectivity index (χ0) is 12.4. The number of rotatable bonds is 3. The Morgan fingerprint density at radius 3 is 2.53 bits per heavy atom. The first-order chi connectivity index (χ1) is 8.08. The normalized spacial score (nSPS) is 15.6. The Kier molecular flexibility index (Phi) is 3.94. The Balaban J connectivity index is 2.05. The van der Waals surface area contributed by atoms with E-state index in [-0.39, 0.29) is 5.78 Å². The summed E-state index contributed by atoms with van der Waals surface area (Å²) in [6, 6.07) is 7.53. The topological polar surface area (TPSA) is 20.3 Å². The van der Waals surface area contributed by atoms with Crippen molar-refractivity contribution in [2.45, 2.75) is 13.8 Å². The molecular formula is C13H14BrNOS. The maximum absolute atomic E-state index is 12.1. The molecule has 0 saturated carbocycles. The largest absolute Gasteiger partial charge is 0.357 e. The molecule has 0 aliphatic carbocycles. The third-order valence-electron chi connectivity index (χ3n) is 2.92. The van der Waals surface area contributed by atoms with Gasteiger partial charge in [-0.2, -0.15) is 0 Å². The van der Waals surface area contributed by atoms with Gasteiger partial charge < -0.3 is 4.90 Å². The lowest BCUT2D eigenvalue weighted by molar-refractivity contribution is 0.0958. The third-order valence-corrected chi connectivity index (χ3v) is 4.62. The van der Waals surface area contributed by atoms with Crippen molar-refractivity contribution >= 4 is 33.5 Å². The number of allylic oxidation sites excluding steroid dienone is 2. The van der Waals surface area contributed by atoms with Crippen LogP contribution in [-0.4, -0.2) is 23.1 Å². The minimum atomic E-state index is 0.173. The molecule has 0 spiro atoms. The maximum Gasteiger partial charge on any atom is 0.182 e. The van der Waals surface area contributed by atoms with Gasteiger partial charge in [-0.05, 0) is 26.0 Å². The zero-order valence-corrected chi connectivity index (χ0v) is 12.3. The highest BCUT2D eigenvalue weighted by atomic mass is 79.9. The van der Waals surface area contributed by atoms with Gasteiger partial charge in [-0.25, -0.2) is 0 Å². The molecule has 17 heavy (non-hydrogen) atoms. The fourth-order valence-corrected chi connectivity index (χ4v) is 2.90. The second-order valence-corrected chi connectivity index (χ2v) is 6.12. The Bertz CT molecular complexity index is 467. The van der Waals surface area contributed by atoms with E-state index in [1.54, 1.807) is 11.8 Å². The highest BCUT2D eigenvalue weighted by Crippen LogP contribution is 2.30. The number of thioether (sulfide) groups is 1. The SMILES string of the molecule is CC1=C(C)N(CC(=O)c2ccc(Br)cc2)CS1. The summed E-state index contributed by atoms with van der Waals surface area (Å²) in [5, 5.41) is 0. The van der Waals surface area contributed by atoms with Crippen molar-refractivity contribution in [3.8, 4) is 0 Å². The van der Waals surface area contributed by atoms with Crippen molar-refractivity contribution in [1.29, 1.82) is 0 Å². The summed E-state index contributed by atoms with van der Waals surface area (Å²) in [6.45, 7) is 4.64. The first kappa shape index (κ1) is 12.7. The van der Waals surface area contributed by atoms with Gasteiger partial charge in [0.05, 0.1) is 12.4 Å². The lowest BCUT2D eigenvalue weighted by atomic mass is 10.1. The highest BCUT2D eigenvalue weighted by molar-refractivity contribution is 9.10. The van der Waals surface area contributed by atoms with E-state index in [2.05, 4.69) is 34.7 Å². The molecule has 1 aliphatic rings. The average Bonchev–Trinajstić information content (AvgIpc) is 2.62. The van der Waals surface area contributed by atoms with E-state index in [9.17, 15) is 4.79 Å². The van der Waals surface area contributed by atoms with E-state index in [4.69, 9.17) is 0 Å². The van der Waals surface area contributed by atoms with Crippen LogP contribution in [0.3, 0.4) is 0 Å². The summed E-state index contributed by atoms with van der Waals surface area (Å²) in [5.74, 6) is 1.06. The number of carbonyl (C=O) groups is 1. The van der Waals surface area contributed by atoms with Gasteiger partial charge in [0.25, 0.3) is 0 Å². The molecule has 1 aromatic rings. The number of nitrogens with zero attached hydrogens (tertiary/aromatic N) is 1. The van der Waals surface area contributed by atoms with Crippen LogP contribution >= 0.6 is 27.7 Å². The lowest BCUT2D eigenvalue weighted by Gasteiger charge is -2.18. The van der Waals surface area contributed by atoms with Crippen molar-refractivity contribution in [3.63, 3.8) is 0 Å². The molecule has 0 unspecified atom stereocenters. The minimum absolute atomic E-state index is 0.173. The van der Waals surface area contributed by atoms with Crippen molar-refractivity contribution in [3.05, 3.63) is 44.9 Å². The van der Waals surface area contributed by atoms with Gasteiger partial charge in [-0.1, -0.05) is 28.1 Å². The van der Waals surface area contributed by atoms with Gasteiger partial charge >= 0.3 is 0 Å². The van der Waals surface area contributed by atoms with Crippen molar-refractivity contribution in [1.82, 2.24) is 4.90 Å². The number of benzene rings is 1. The Labute approximate surface area is 114 Å². The molecule has 4 heteroatoms. The van der Waals surface area contributed by atoms with Gasteiger partial charge in [0.2, 0.25) is 0 Å². The van der Waals surface area contributed by atoms with E-state index in [0.717, 1.165) is 15.9 Å². The standard InChI is InChI=1S/C13H14BrNOS/c1-9-10(2)17-8-15(9)7-13(16)11-3-5-12(14)6-4-11/h3-6H,7-8H2,1-2H3. The van der Waals surface area contributed by atoms with Crippen LogP contribution in [-0.2, 0) is 0 Å². The number of ketones is 1. The molecule has 0 aromatic heterocycles. The quantitative estimate of drug-likeness (QED) is 0.790. The van der Waals surface area contributed by atoms with Gasteiger partial charge in [0.1, 0.15) is 0 Å². The summed E-state index contributed by atoms with van der Waals surface area (Å²) < 4.78 is 0.998. The van der Waals surface area contributed by atoms with Crippen LogP contribution in [0.2, 0.25) is 0 Å². The summed E-state index contributed by atoms with van der Waals surface area (Å²) in [6.07, 6.45) is 0. The summed E-state index contributed by atoms with van der Waals surface area (Å²) in [5.41, 5.74) is 2.00. The fourth-order valence-electron chi connectivity index (χ4n) is 1.66. The first-order valence-corrected chi connectivity index (χ1v) is 7.20. The molecule has 0 bridgehead atoms. The van der Waals surface area contributed by atoms with Crippen LogP contribution in [0.15, 0.2) is 39.3 Å². The first-order valence-electron chi connectivity index (χ1n) is 5.42. The van der Waals surface area contributed by atoms with Crippen molar-refractivity contribution in [2.75, 3.05) is 12.4 Å².